The van der Waals surface area contributed by atoms with Crippen LogP contribution in [0.5, 0.6) is 0 Å². The van der Waals surface area contributed by atoms with Crippen molar-refractivity contribution in [3.63, 3.8) is 0 Å². The Balaban J connectivity index is 2.38. The Bertz CT molecular complexity index is 540. The number of carbonyl (C=O) groups excluding carboxylic acids is 2. The van der Waals surface area contributed by atoms with Crippen LogP contribution in [0.25, 0.3) is 0 Å². The van der Waals surface area contributed by atoms with Gasteiger partial charge in [0.25, 0.3) is 0 Å². The van der Waals surface area contributed by atoms with E-state index in [1.54, 1.807) is 6.07 Å². The molecule has 1 amide bonds. The first-order valence-electron chi connectivity index (χ1n) is 5.96. The van der Waals surface area contributed by atoms with E-state index in [0.717, 1.165) is 0 Å². The van der Waals surface area contributed by atoms with E-state index in [1.165, 1.54) is 18.1 Å². The number of aliphatic hydroxyl groups excluding tert-OH is 1. The number of rotatable bonds is 3. The molecule has 0 aromatic heterocycles. The summed E-state index contributed by atoms with van der Waals surface area (Å²) < 4.78 is 5.17. The number of nitrogens with zero attached hydrogens (tertiary/aromatic N) is 1. The molecule has 0 radical (unpaired) electrons. The molecule has 1 atom stereocenters. The second kappa shape index (κ2) is 6.11. The van der Waals surface area contributed by atoms with Gasteiger partial charge < -0.3 is 14.7 Å². The molecule has 5 nitrogen and oxygen atoms in total. The molecule has 0 spiro atoms. The Hall–Kier alpha value is -1.11. The number of esters is 1. The van der Waals surface area contributed by atoms with E-state index in [-0.39, 0.29) is 29.9 Å². The summed E-state index contributed by atoms with van der Waals surface area (Å²) in [4.78, 5) is 25.0. The van der Waals surface area contributed by atoms with E-state index >= 15 is 0 Å². The van der Waals surface area contributed by atoms with Crippen LogP contribution < -0.4 is 4.90 Å². The Kier molecular flexibility index (Phi) is 4.67. The minimum atomic E-state index is -0.500. The number of hydrogen-bond acceptors (Lipinski definition) is 4. The van der Waals surface area contributed by atoms with Gasteiger partial charge in [0.05, 0.1) is 23.4 Å². The molecule has 0 aliphatic carbocycles. The molecule has 1 aliphatic rings. The lowest BCUT2D eigenvalue weighted by Crippen LogP contribution is -2.25. The first-order chi connectivity index (χ1) is 9.47. The molecule has 1 fully saturated rings. The number of benzene rings is 1. The smallest absolute Gasteiger partial charge is 0.337 e. The first-order valence-corrected chi connectivity index (χ1v) is 7.13. The summed E-state index contributed by atoms with van der Waals surface area (Å²) in [5, 5.41) is 9.44. The lowest BCUT2D eigenvalue weighted by molar-refractivity contribution is -0.117. The summed E-state index contributed by atoms with van der Waals surface area (Å²) in [5.41, 5.74) is 0.818. The quantitative estimate of drug-likeness (QED) is 0.838. The van der Waals surface area contributed by atoms with Crippen molar-refractivity contribution in [1.82, 2.24) is 0 Å². The van der Waals surface area contributed by atoms with E-state index in [2.05, 4.69) is 20.7 Å². The molecule has 1 saturated heterocycles. The third-order valence-electron chi connectivity index (χ3n) is 3.17. The molecular formula is C13H13BrClNO4. The second-order valence-electron chi connectivity index (χ2n) is 4.54. The van der Waals surface area contributed by atoms with Crippen LogP contribution in [0.3, 0.4) is 0 Å². The zero-order valence-corrected chi connectivity index (χ0v) is 13.1. The predicted octanol–water partition coefficient (Wildman–Crippen LogP) is 2.23. The lowest BCUT2D eigenvalue weighted by Gasteiger charge is -2.20. The van der Waals surface area contributed by atoms with Crippen LogP contribution in [-0.4, -0.2) is 37.2 Å². The Labute approximate surface area is 129 Å². The molecule has 7 heteroatoms. The molecule has 1 aromatic carbocycles. The van der Waals surface area contributed by atoms with Crippen molar-refractivity contribution in [3.05, 3.63) is 27.2 Å². The predicted molar refractivity (Wildman–Crippen MR) is 78.0 cm³/mol. The maximum atomic E-state index is 12.0. The number of methoxy groups -OCH3 is 1. The fourth-order valence-corrected chi connectivity index (χ4v) is 3.29. The van der Waals surface area contributed by atoms with Crippen LogP contribution in [0.2, 0.25) is 5.02 Å². The topological polar surface area (TPSA) is 66.8 Å². The number of carbonyl (C=O) groups is 2. The summed E-state index contributed by atoms with van der Waals surface area (Å²) >= 11 is 9.50. The van der Waals surface area contributed by atoms with Gasteiger partial charge in [0.2, 0.25) is 5.91 Å². The van der Waals surface area contributed by atoms with Crippen molar-refractivity contribution in [2.24, 2.45) is 5.92 Å². The van der Waals surface area contributed by atoms with Crippen molar-refractivity contribution in [2.75, 3.05) is 25.2 Å². The lowest BCUT2D eigenvalue weighted by atomic mass is 10.1. The number of hydrogen-bond donors (Lipinski definition) is 1. The van der Waals surface area contributed by atoms with Crippen LogP contribution in [0.4, 0.5) is 5.69 Å². The summed E-state index contributed by atoms with van der Waals surface area (Å²) in [5.74, 6) is -0.691. The van der Waals surface area contributed by atoms with Crippen molar-refractivity contribution in [3.8, 4) is 0 Å². The van der Waals surface area contributed by atoms with E-state index in [1.807, 2.05) is 0 Å². The zero-order valence-electron chi connectivity index (χ0n) is 10.7. The van der Waals surface area contributed by atoms with Crippen molar-refractivity contribution >= 4 is 45.1 Å². The number of halogens is 2. The average molecular weight is 363 g/mol. The third kappa shape index (κ3) is 2.82. The van der Waals surface area contributed by atoms with Gasteiger partial charge in [-0.15, -0.1) is 0 Å². The van der Waals surface area contributed by atoms with Crippen molar-refractivity contribution in [1.29, 1.82) is 0 Å². The SMILES string of the molecule is COC(=O)c1cc(Cl)c(N2CC(CO)CC2=O)c(Br)c1. The van der Waals surface area contributed by atoms with Gasteiger partial charge in [0, 0.05) is 30.0 Å². The maximum absolute atomic E-state index is 12.0. The van der Waals surface area contributed by atoms with Gasteiger partial charge in [-0.05, 0) is 28.1 Å². The molecular weight excluding hydrogens is 350 g/mol. The molecule has 1 N–H and O–H groups in total. The highest BCUT2D eigenvalue weighted by Gasteiger charge is 2.32. The highest BCUT2D eigenvalue weighted by Crippen LogP contribution is 2.38. The van der Waals surface area contributed by atoms with Crippen LogP contribution in [-0.2, 0) is 9.53 Å². The molecule has 2 rings (SSSR count). The monoisotopic (exact) mass is 361 g/mol. The van der Waals surface area contributed by atoms with Crippen molar-refractivity contribution in [2.45, 2.75) is 6.42 Å². The third-order valence-corrected chi connectivity index (χ3v) is 4.06. The maximum Gasteiger partial charge on any atom is 0.337 e. The van der Waals surface area contributed by atoms with Gasteiger partial charge >= 0.3 is 5.97 Å². The largest absolute Gasteiger partial charge is 0.465 e. The number of ether oxygens (including phenoxy) is 1. The summed E-state index contributed by atoms with van der Waals surface area (Å²) in [6.45, 7) is 0.364. The van der Waals surface area contributed by atoms with Gasteiger partial charge in [0.1, 0.15) is 0 Å². The summed E-state index contributed by atoms with van der Waals surface area (Å²) in [6.07, 6.45) is 0.290. The Morgan fingerprint density at radius 1 is 1.60 bits per heavy atom. The molecule has 108 valence electrons. The average Bonchev–Trinajstić information content (AvgIpc) is 2.78. The van der Waals surface area contributed by atoms with E-state index in [9.17, 15) is 9.59 Å². The Morgan fingerprint density at radius 3 is 2.80 bits per heavy atom. The molecule has 20 heavy (non-hydrogen) atoms. The van der Waals surface area contributed by atoms with Gasteiger partial charge in [0.15, 0.2) is 0 Å². The zero-order chi connectivity index (χ0) is 14.9. The van der Waals surface area contributed by atoms with Gasteiger partial charge in [-0.1, -0.05) is 11.6 Å². The standard InChI is InChI=1S/C13H13BrClNO4/c1-20-13(19)8-3-9(14)12(10(15)4-8)16-5-7(6-17)2-11(16)18/h3-4,7,17H,2,5-6H2,1H3. The minimum absolute atomic E-state index is 0.0439. The van der Waals surface area contributed by atoms with Crippen LogP contribution in [0, 0.1) is 5.92 Å². The molecule has 1 unspecified atom stereocenters. The summed E-state index contributed by atoms with van der Waals surface area (Å²) in [7, 11) is 1.29. The second-order valence-corrected chi connectivity index (χ2v) is 5.80. The van der Waals surface area contributed by atoms with Gasteiger partial charge in [-0.2, -0.15) is 0 Å². The fraction of sp³-hybridized carbons (Fsp3) is 0.385. The van der Waals surface area contributed by atoms with Crippen molar-refractivity contribution < 1.29 is 19.4 Å². The highest BCUT2D eigenvalue weighted by atomic mass is 79.9. The van der Waals surface area contributed by atoms with Crippen LogP contribution in [0.15, 0.2) is 16.6 Å². The van der Waals surface area contributed by atoms with Crippen LogP contribution in [0.1, 0.15) is 16.8 Å². The molecule has 0 bridgehead atoms. The highest BCUT2D eigenvalue weighted by molar-refractivity contribution is 9.10. The number of anilines is 1. The van der Waals surface area contributed by atoms with Gasteiger partial charge in [-0.3, -0.25) is 4.79 Å². The van der Waals surface area contributed by atoms with E-state index in [4.69, 9.17) is 16.7 Å². The van der Waals surface area contributed by atoms with Gasteiger partial charge in [-0.25, -0.2) is 4.79 Å². The number of amides is 1. The Morgan fingerprint density at radius 2 is 2.30 bits per heavy atom. The van der Waals surface area contributed by atoms with Crippen LogP contribution >= 0.6 is 27.5 Å². The molecule has 1 aliphatic heterocycles. The molecule has 0 saturated carbocycles. The normalized spacial score (nSPS) is 18.5. The molecule has 1 heterocycles. The first kappa shape index (κ1) is 15.3. The molecule has 1 aromatic rings. The van der Waals surface area contributed by atoms with E-state index < -0.39 is 5.97 Å². The van der Waals surface area contributed by atoms with E-state index in [0.29, 0.717) is 22.3 Å². The minimum Gasteiger partial charge on any atom is -0.465 e. The summed E-state index contributed by atoms with van der Waals surface area (Å²) in [6, 6.07) is 3.03. The fourth-order valence-electron chi connectivity index (χ4n) is 2.18. The number of aliphatic hydroxyl groups is 1.